The molecule has 1 saturated heterocycles. The number of esters is 1. The maximum absolute atomic E-state index is 12.3. The number of aromatic nitrogens is 1. The number of fused-ring (bicyclic) bond motifs is 3. The molecule has 5 heteroatoms. The molecule has 0 amide bonds. The van der Waals surface area contributed by atoms with Crippen LogP contribution in [0.5, 0.6) is 0 Å². The molecular formula is C27H34N2O3. The zero-order valence-electron chi connectivity index (χ0n) is 19.8. The monoisotopic (exact) mass is 434 g/mol. The van der Waals surface area contributed by atoms with E-state index in [1.807, 2.05) is 20.8 Å². The van der Waals surface area contributed by atoms with Crippen LogP contribution in [0.2, 0.25) is 0 Å². The second-order valence-corrected chi connectivity index (χ2v) is 9.79. The number of ether oxygens (including phenoxy) is 2. The van der Waals surface area contributed by atoms with Gasteiger partial charge < -0.3 is 9.47 Å². The first-order chi connectivity index (χ1) is 15.3. The second kappa shape index (κ2) is 9.16. The average Bonchev–Trinajstić information content (AvgIpc) is 3.26. The molecule has 0 bridgehead atoms. The summed E-state index contributed by atoms with van der Waals surface area (Å²) < 4.78 is 12.0. The molecule has 0 spiro atoms. The van der Waals surface area contributed by atoms with Gasteiger partial charge >= 0.3 is 5.97 Å². The Morgan fingerprint density at radius 2 is 2.00 bits per heavy atom. The van der Waals surface area contributed by atoms with Crippen molar-refractivity contribution in [2.24, 2.45) is 0 Å². The number of rotatable bonds is 6. The smallest absolute Gasteiger partial charge is 0.331 e. The number of pyridine rings is 1. The molecule has 3 atom stereocenters. The molecule has 1 fully saturated rings. The van der Waals surface area contributed by atoms with Gasteiger partial charge in [-0.05, 0) is 63.9 Å². The first-order valence-electron chi connectivity index (χ1n) is 11.6. The van der Waals surface area contributed by atoms with E-state index in [-0.39, 0.29) is 24.3 Å². The van der Waals surface area contributed by atoms with Gasteiger partial charge in [-0.25, -0.2) is 4.79 Å². The molecule has 0 N–H and O–H groups in total. The van der Waals surface area contributed by atoms with E-state index < -0.39 is 5.60 Å². The summed E-state index contributed by atoms with van der Waals surface area (Å²) in [5.41, 5.74) is 4.98. The highest BCUT2D eigenvalue weighted by molar-refractivity contribution is 5.87. The number of likely N-dealkylation sites (N-methyl/N-ethyl adjacent to an activating group) is 1. The number of aryl methyl sites for hydroxylation is 1. The Balaban J connectivity index is 1.63. The van der Waals surface area contributed by atoms with E-state index in [0.29, 0.717) is 0 Å². The van der Waals surface area contributed by atoms with Crippen LogP contribution in [0.3, 0.4) is 0 Å². The van der Waals surface area contributed by atoms with Crippen molar-refractivity contribution in [2.45, 2.75) is 77.4 Å². The van der Waals surface area contributed by atoms with Crippen molar-refractivity contribution in [1.82, 2.24) is 9.88 Å². The van der Waals surface area contributed by atoms with Crippen molar-refractivity contribution in [3.8, 4) is 0 Å². The molecule has 32 heavy (non-hydrogen) atoms. The first-order valence-corrected chi connectivity index (χ1v) is 11.6. The number of nitrogens with zero attached hydrogens (tertiary/aromatic N) is 2. The number of hydrogen-bond donors (Lipinski definition) is 0. The van der Waals surface area contributed by atoms with Gasteiger partial charge in [-0.3, -0.25) is 9.88 Å². The highest BCUT2D eigenvalue weighted by Gasteiger charge is 2.46. The van der Waals surface area contributed by atoms with Crippen LogP contribution in [0.15, 0.2) is 42.5 Å². The lowest BCUT2D eigenvalue weighted by Crippen LogP contribution is -2.24. The fourth-order valence-electron chi connectivity index (χ4n) is 4.69. The van der Waals surface area contributed by atoms with Crippen molar-refractivity contribution < 1.29 is 14.3 Å². The molecule has 2 aromatic rings. The Bertz CT molecular complexity index is 1010. The highest BCUT2D eigenvalue weighted by atomic mass is 16.6. The minimum atomic E-state index is -0.528. The largest absolute Gasteiger partial charge is 0.457 e. The standard InChI is InChI=1S/C27H34N2O3/c1-6-7-11-19-13-14-21(22(28-19)15-16-24(30)32-27(2,3)4)26-29(5)25-20-12-9-8-10-18(20)17-23(25)31-26/h8-10,12-16,23,25-26H,6-7,11,17H2,1-5H3/b16-15-/t23-,25+,26?/m1/s1. The quantitative estimate of drug-likeness (QED) is 0.450. The lowest BCUT2D eigenvalue weighted by Gasteiger charge is -2.25. The van der Waals surface area contributed by atoms with E-state index in [2.05, 4.69) is 55.3 Å². The normalized spacial score (nSPS) is 22.8. The number of benzene rings is 1. The van der Waals surface area contributed by atoms with Gasteiger partial charge in [-0.2, -0.15) is 0 Å². The number of unbranched alkanes of at least 4 members (excludes halogenated alkanes) is 1. The number of carbonyl (C=O) groups excluding carboxylic acids is 1. The predicted octanol–water partition coefficient (Wildman–Crippen LogP) is 5.41. The Morgan fingerprint density at radius 1 is 1.22 bits per heavy atom. The van der Waals surface area contributed by atoms with E-state index in [0.717, 1.165) is 42.6 Å². The fraction of sp³-hybridized carbons (Fsp3) is 0.481. The van der Waals surface area contributed by atoms with Gasteiger partial charge in [0.2, 0.25) is 0 Å². The highest BCUT2D eigenvalue weighted by Crippen LogP contribution is 2.48. The van der Waals surface area contributed by atoms with Crippen LogP contribution in [0.1, 0.15) is 80.9 Å². The van der Waals surface area contributed by atoms with Crippen LogP contribution in [0, 0.1) is 0 Å². The van der Waals surface area contributed by atoms with Crippen molar-refractivity contribution in [1.29, 1.82) is 0 Å². The van der Waals surface area contributed by atoms with Crippen LogP contribution in [0.25, 0.3) is 6.08 Å². The SMILES string of the molecule is CCCCc1ccc(C2O[C@@H]3Cc4ccccc4[C@@H]3N2C)c(/C=C\C(=O)OC(C)(C)C)n1. The molecule has 0 radical (unpaired) electrons. The lowest BCUT2D eigenvalue weighted by molar-refractivity contribution is -0.148. The van der Waals surface area contributed by atoms with Crippen LogP contribution in [0.4, 0.5) is 0 Å². The molecule has 2 heterocycles. The van der Waals surface area contributed by atoms with Crippen molar-refractivity contribution in [3.05, 3.63) is 70.6 Å². The molecule has 1 unspecified atom stereocenters. The summed E-state index contributed by atoms with van der Waals surface area (Å²) in [6, 6.07) is 13.0. The van der Waals surface area contributed by atoms with E-state index in [1.165, 1.54) is 17.2 Å². The summed E-state index contributed by atoms with van der Waals surface area (Å²) in [6.07, 6.45) is 7.22. The van der Waals surface area contributed by atoms with Crippen LogP contribution < -0.4 is 0 Å². The summed E-state index contributed by atoms with van der Waals surface area (Å²) in [6.45, 7) is 7.78. The summed E-state index contributed by atoms with van der Waals surface area (Å²) in [7, 11) is 2.11. The van der Waals surface area contributed by atoms with Gasteiger partial charge in [-0.15, -0.1) is 0 Å². The molecule has 1 aromatic heterocycles. The summed E-state index contributed by atoms with van der Waals surface area (Å²) in [5, 5.41) is 0. The van der Waals surface area contributed by atoms with E-state index in [9.17, 15) is 4.79 Å². The third kappa shape index (κ3) is 4.79. The molecule has 170 valence electrons. The second-order valence-electron chi connectivity index (χ2n) is 9.79. The van der Waals surface area contributed by atoms with Gasteiger partial charge in [0.05, 0.1) is 17.8 Å². The van der Waals surface area contributed by atoms with Crippen molar-refractivity contribution in [2.75, 3.05) is 7.05 Å². The Kier molecular flexibility index (Phi) is 6.50. The number of carbonyl (C=O) groups is 1. The van der Waals surface area contributed by atoms with Gasteiger partial charge in [0.1, 0.15) is 11.8 Å². The third-order valence-corrected chi connectivity index (χ3v) is 6.11. The lowest BCUT2D eigenvalue weighted by atomic mass is 10.0. The number of hydrogen-bond acceptors (Lipinski definition) is 5. The van der Waals surface area contributed by atoms with Gasteiger partial charge in [0, 0.05) is 23.8 Å². The van der Waals surface area contributed by atoms with E-state index in [4.69, 9.17) is 14.5 Å². The van der Waals surface area contributed by atoms with Gasteiger partial charge in [-0.1, -0.05) is 43.7 Å². The average molecular weight is 435 g/mol. The molecular weight excluding hydrogens is 400 g/mol. The molecule has 1 aromatic carbocycles. The fourth-order valence-corrected chi connectivity index (χ4v) is 4.69. The maximum Gasteiger partial charge on any atom is 0.331 e. The molecule has 1 aliphatic carbocycles. The zero-order valence-corrected chi connectivity index (χ0v) is 19.8. The zero-order chi connectivity index (χ0) is 22.9. The molecule has 5 nitrogen and oxygen atoms in total. The van der Waals surface area contributed by atoms with Crippen molar-refractivity contribution in [3.63, 3.8) is 0 Å². The molecule has 1 aliphatic heterocycles. The minimum Gasteiger partial charge on any atom is -0.457 e. The Morgan fingerprint density at radius 3 is 2.75 bits per heavy atom. The molecule has 0 saturated carbocycles. The van der Waals surface area contributed by atoms with Gasteiger partial charge in [0.15, 0.2) is 0 Å². The van der Waals surface area contributed by atoms with E-state index in [1.54, 1.807) is 6.08 Å². The maximum atomic E-state index is 12.3. The van der Waals surface area contributed by atoms with Gasteiger partial charge in [0.25, 0.3) is 0 Å². The van der Waals surface area contributed by atoms with Crippen LogP contribution in [-0.4, -0.2) is 34.6 Å². The third-order valence-electron chi connectivity index (χ3n) is 6.11. The topological polar surface area (TPSA) is 51.7 Å². The molecule has 2 aliphatic rings. The Labute approximate surface area is 191 Å². The van der Waals surface area contributed by atoms with E-state index >= 15 is 0 Å². The summed E-state index contributed by atoms with van der Waals surface area (Å²) >= 11 is 0. The predicted molar refractivity (Wildman–Crippen MR) is 126 cm³/mol. The van der Waals surface area contributed by atoms with Crippen LogP contribution >= 0.6 is 0 Å². The summed E-state index contributed by atoms with van der Waals surface area (Å²) in [4.78, 5) is 19.5. The minimum absolute atomic E-state index is 0.129. The van der Waals surface area contributed by atoms with Crippen molar-refractivity contribution >= 4 is 12.0 Å². The van der Waals surface area contributed by atoms with Crippen LogP contribution in [-0.2, 0) is 27.1 Å². The Hall–Kier alpha value is -2.50. The summed E-state index contributed by atoms with van der Waals surface area (Å²) in [5.74, 6) is -0.365. The molecule has 4 rings (SSSR count). The first kappa shape index (κ1) is 22.7.